The van der Waals surface area contributed by atoms with Crippen molar-refractivity contribution in [3.8, 4) is 0 Å². The molecule has 0 unspecified atom stereocenters. The molecule has 0 aromatic carbocycles. The van der Waals surface area contributed by atoms with Crippen molar-refractivity contribution in [2.24, 2.45) is 5.73 Å². The molecule has 0 amide bonds. The first kappa shape index (κ1) is 7.56. The van der Waals surface area contributed by atoms with Gasteiger partial charge in [0.05, 0.1) is 0 Å². The lowest BCUT2D eigenvalue weighted by molar-refractivity contribution is 0.0343. The SMILES string of the molecule is CCN1CC2(N)CCC1CC2. The number of hydrogen-bond acceptors (Lipinski definition) is 2. The molecule has 0 aromatic rings. The monoisotopic (exact) mass is 154 g/mol. The van der Waals surface area contributed by atoms with Crippen molar-refractivity contribution in [1.82, 2.24) is 4.90 Å². The van der Waals surface area contributed by atoms with E-state index in [4.69, 9.17) is 5.73 Å². The van der Waals surface area contributed by atoms with Crippen LogP contribution in [0.3, 0.4) is 0 Å². The van der Waals surface area contributed by atoms with Crippen LogP contribution in [0.1, 0.15) is 32.6 Å². The number of piperidine rings is 2. The van der Waals surface area contributed by atoms with Crippen LogP contribution in [-0.4, -0.2) is 29.6 Å². The second-order valence-electron chi connectivity index (χ2n) is 4.16. The van der Waals surface area contributed by atoms with Gasteiger partial charge < -0.3 is 5.73 Å². The molecule has 1 saturated carbocycles. The highest BCUT2D eigenvalue weighted by atomic mass is 15.2. The molecule has 0 aromatic heterocycles. The largest absolute Gasteiger partial charge is 0.324 e. The fourth-order valence-electron chi connectivity index (χ4n) is 2.60. The Kier molecular flexibility index (Phi) is 1.69. The number of likely N-dealkylation sites (N-methyl/N-ethyl adjacent to an activating group) is 1. The van der Waals surface area contributed by atoms with Gasteiger partial charge in [-0.05, 0) is 32.2 Å². The third-order valence-electron chi connectivity index (χ3n) is 3.39. The standard InChI is InChI=1S/C9H18N2/c1-2-11-7-9(10)5-3-8(11)4-6-9/h8H,2-7,10H2,1H3. The summed E-state index contributed by atoms with van der Waals surface area (Å²) >= 11 is 0. The predicted molar refractivity (Wildman–Crippen MR) is 46.4 cm³/mol. The van der Waals surface area contributed by atoms with Crippen LogP contribution in [0.5, 0.6) is 0 Å². The van der Waals surface area contributed by atoms with E-state index >= 15 is 0 Å². The highest BCUT2D eigenvalue weighted by molar-refractivity contribution is 5.00. The molecule has 11 heavy (non-hydrogen) atoms. The van der Waals surface area contributed by atoms with E-state index in [-0.39, 0.29) is 5.54 Å². The number of nitrogens with two attached hydrogens (primary N) is 1. The number of rotatable bonds is 1. The fraction of sp³-hybridized carbons (Fsp3) is 1.00. The second kappa shape index (κ2) is 2.46. The summed E-state index contributed by atoms with van der Waals surface area (Å²) in [6, 6.07) is 0.866. The van der Waals surface area contributed by atoms with Crippen molar-refractivity contribution in [2.45, 2.75) is 44.2 Å². The zero-order chi connectivity index (χ0) is 7.90. The average molecular weight is 154 g/mol. The van der Waals surface area contributed by atoms with Gasteiger partial charge >= 0.3 is 0 Å². The third kappa shape index (κ3) is 1.18. The van der Waals surface area contributed by atoms with E-state index in [1.807, 2.05) is 0 Å². The molecule has 0 atom stereocenters. The summed E-state index contributed by atoms with van der Waals surface area (Å²) < 4.78 is 0. The van der Waals surface area contributed by atoms with E-state index in [0.717, 1.165) is 12.6 Å². The van der Waals surface area contributed by atoms with Gasteiger partial charge in [-0.2, -0.15) is 0 Å². The first-order valence-electron chi connectivity index (χ1n) is 4.76. The highest BCUT2D eigenvalue weighted by Crippen LogP contribution is 2.35. The topological polar surface area (TPSA) is 29.3 Å². The van der Waals surface area contributed by atoms with Crippen molar-refractivity contribution in [2.75, 3.05) is 13.1 Å². The van der Waals surface area contributed by atoms with Gasteiger partial charge in [0, 0.05) is 18.1 Å². The van der Waals surface area contributed by atoms with Crippen LogP contribution in [0.4, 0.5) is 0 Å². The molecule has 2 N–H and O–H groups in total. The number of hydrogen-bond donors (Lipinski definition) is 1. The fourth-order valence-corrected chi connectivity index (χ4v) is 2.60. The smallest absolute Gasteiger partial charge is 0.0284 e. The molecule has 2 saturated heterocycles. The Hall–Kier alpha value is -0.0800. The van der Waals surface area contributed by atoms with Crippen molar-refractivity contribution in [3.63, 3.8) is 0 Å². The lowest BCUT2D eigenvalue weighted by Crippen LogP contribution is -2.62. The summed E-state index contributed by atoms with van der Waals surface area (Å²) in [5, 5.41) is 0. The van der Waals surface area contributed by atoms with E-state index in [1.54, 1.807) is 0 Å². The molecular weight excluding hydrogens is 136 g/mol. The summed E-state index contributed by atoms with van der Waals surface area (Å²) in [4.78, 5) is 2.55. The maximum atomic E-state index is 6.22. The van der Waals surface area contributed by atoms with E-state index in [2.05, 4.69) is 11.8 Å². The van der Waals surface area contributed by atoms with Gasteiger partial charge in [-0.25, -0.2) is 0 Å². The Morgan fingerprint density at radius 3 is 2.45 bits per heavy atom. The van der Waals surface area contributed by atoms with Gasteiger partial charge in [0.2, 0.25) is 0 Å². The van der Waals surface area contributed by atoms with Crippen molar-refractivity contribution >= 4 is 0 Å². The Morgan fingerprint density at radius 1 is 1.45 bits per heavy atom. The van der Waals surface area contributed by atoms with Gasteiger partial charge in [-0.3, -0.25) is 4.90 Å². The molecule has 2 nitrogen and oxygen atoms in total. The Balaban J connectivity index is 2.09. The summed E-state index contributed by atoms with van der Waals surface area (Å²) in [5.41, 5.74) is 6.41. The predicted octanol–water partition coefficient (Wildman–Crippen LogP) is 0.962. The molecule has 0 spiro atoms. The minimum Gasteiger partial charge on any atom is -0.324 e. The Bertz CT molecular complexity index is 148. The average Bonchev–Trinajstić information content (AvgIpc) is 2.04. The highest BCUT2D eigenvalue weighted by Gasteiger charge is 2.40. The molecule has 0 radical (unpaired) electrons. The van der Waals surface area contributed by atoms with E-state index in [1.165, 1.54) is 32.2 Å². The Labute approximate surface area is 68.7 Å². The summed E-state index contributed by atoms with van der Waals surface area (Å²) in [5.74, 6) is 0. The Morgan fingerprint density at radius 2 is 2.09 bits per heavy atom. The lowest BCUT2D eigenvalue weighted by Gasteiger charge is -2.50. The zero-order valence-electron chi connectivity index (χ0n) is 7.34. The summed E-state index contributed by atoms with van der Waals surface area (Å²) in [7, 11) is 0. The molecule has 64 valence electrons. The van der Waals surface area contributed by atoms with Crippen LogP contribution < -0.4 is 5.73 Å². The van der Waals surface area contributed by atoms with E-state index < -0.39 is 0 Å². The van der Waals surface area contributed by atoms with Crippen LogP contribution in [0.25, 0.3) is 0 Å². The molecule has 3 aliphatic rings. The number of nitrogens with zero attached hydrogens (tertiary/aromatic N) is 1. The van der Waals surface area contributed by atoms with Gasteiger partial charge in [0.25, 0.3) is 0 Å². The van der Waals surface area contributed by atoms with Crippen LogP contribution in [0.15, 0.2) is 0 Å². The first-order chi connectivity index (χ1) is 5.23. The minimum absolute atomic E-state index is 0.185. The molecule has 2 aliphatic heterocycles. The van der Waals surface area contributed by atoms with Gasteiger partial charge in [0.15, 0.2) is 0 Å². The molecular formula is C9H18N2. The van der Waals surface area contributed by atoms with Crippen molar-refractivity contribution in [3.05, 3.63) is 0 Å². The van der Waals surface area contributed by atoms with Crippen LogP contribution in [0, 0.1) is 0 Å². The minimum atomic E-state index is 0.185. The van der Waals surface area contributed by atoms with Crippen LogP contribution >= 0.6 is 0 Å². The van der Waals surface area contributed by atoms with E-state index in [0.29, 0.717) is 0 Å². The summed E-state index contributed by atoms with van der Waals surface area (Å²) in [6.07, 6.45) is 5.19. The van der Waals surface area contributed by atoms with Crippen molar-refractivity contribution in [1.29, 1.82) is 0 Å². The quantitative estimate of drug-likeness (QED) is 0.609. The molecule has 2 heterocycles. The molecule has 2 heteroatoms. The molecule has 3 fully saturated rings. The maximum Gasteiger partial charge on any atom is 0.0284 e. The maximum absolute atomic E-state index is 6.22. The van der Waals surface area contributed by atoms with Crippen molar-refractivity contribution < 1.29 is 0 Å². The van der Waals surface area contributed by atoms with Gasteiger partial charge in [0.1, 0.15) is 0 Å². The molecule has 1 aliphatic carbocycles. The number of fused-ring (bicyclic) bond motifs is 3. The lowest BCUT2D eigenvalue weighted by atomic mass is 9.74. The van der Waals surface area contributed by atoms with E-state index in [9.17, 15) is 0 Å². The first-order valence-corrected chi connectivity index (χ1v) is 4.76. The van der Waals surface area contributed by atoms with Gasteiger partial charge in [-0.15, -0.1) is 0 Å². The molecule has 2 bridgehead atoms. The third-order valence-corrected chi connectivity index (χ3v) is 3.39. The zero-order valence-corrected chi connectivity index (χ0v) is 7.34. The summed E-state index contributed by atoms with van der Waals surface area (Å²) in [6.45, 7) is 4.57. The van der Waals surface area contributed by atoms with Gasteiger partial charge in [-0.1, -0.05) is 6.92 Å². The molecule has 3 rings (SSSR count). The second-order valence-corrected chi connectivity index (χ2v) is 4.16. The van der Waals surface area contributed by atoms with Crippen LogP contribution in [-0.2, 0) is 0 Å². The van der Waals surface area contributed by atoms with Crippen LogP contribution in [0.2, 0.25) is 0 Å². The normalized spacial score (nSPS) is 44.7.